The Kier molecular flexibility index (Phi) is 4.13. The van der Waals surface area contributed by atoms with Crippen LogP contribution >= 0.6 is 0 Å². The van der Waals surface area contributed by atoms with Crippen LogP contribution in [0.3, 0.4) is 0 Å². The maximum Gasteiger partial charge on any atom is 0.0883 e. The number of benzene rings is 1. The van der Waals surface area contributed by atoms with Crippen LogP contribution in [0.5, 0.6) is 0 Å². The Balaban J connectivity index is 1.37. The van der Waals surface area contributed by atoms with Crippen LogP contribution in [0.2, 0.25) is 0 Å². The SMILES string of the molecule is Cn1c(C2CCCN(Cc3ccc4ccccc4n3)C2)cc2ncccc21. The quantitative estimate of drug-likeness (QED) is 0.542. The van der Waals surface area contributed by atoms with Crippen LogP contribution in [0.4, 0.5) is 0 Å². The van der Waals surface area contributed by atoms with E-state index in [-0.39, 0.29) is 0 Å². The molecule has 1 fully saturated rings. The molecule has 0 N–H and O–H groups in total. The highest BCUT2D eigenvalue weighted by molar-refractivity contribution is 5.78. The van der Waals surface area contributed by atoms with Crippen LogP contribution in [-0.2, 0) is 13.6 Å². The van der Waals surface area contributed by atoms with Gasteiger partial charge in [-0.15, -0.1) is 0 Å². The van der Waals surface area contributed by atoms with Gasteiger partial charge in [-0.25, -0.2) is 0 Å². The average Bonchev–Trinajstić information content (AvgIpc) is 3.05. The van der Waals surface area contributed by atoms with Gasteiger partial charge in [-0.3, -0.25) is 14.9 Å². The van der Waals surface area contributed by atoms with Crippen molar-refractivity contribution < 1.29 is 0 Å². The Labute approximate surface area is 159 Å². The van der Waals surface area contributed by atoms with Gasteiger partial charge in [0.1, 0.15) is 0 Å². The zero-order chi connectivity index (χ0) is 18.2. The molecular weight excluding hydrogens is 332 g/mol. The van der Waals surface area contributed by atoms with Crippen molar-refractivity contribution in [3.8, 4) is 0 Å². The van der Waals surface area contributed by atoms with Gasteiger partial charge >= 0.3 is 0 Å². The van der Waals surface area contributed by atoms with Gasteiger partial charge in [-0.1, -0.05) is 24.3 Å². The van der Waals surface area contributed by atoms with Gasteiger partial charge < -0.3 is 4.57 Å². The van der Waals surface area contributed by atoms with Gasteiger partial charge in [0.25, 0.3) is 0 Å². The molecule has 3 aromatic heterocycles. The number of nitrogens with zero attached hydrogens (tertiary/aromatic N) is 4. The Morgan fingerprint density at radius 1 is 1.04 bits per heavy atom. The average molecular weight is 356 g/mol. The van der Waals surface area contributed by atoms with Crippen molar-refractivity contribution in [2.45, 2.75) is 25.3 Å². The summed E-state index contributed by atoms with van der Waals surface area (Å²) in [5, 5.41) is 1.21. The van der Waals surface area contributed by atoms with E-state index in [1.807, 2.05) is 12.3 Å². The van der Waals surface area contributed by atoms with Crippen molar-refractivity contribution in [1.82, 2.24) is 19.4 Å². The van der Waals surface area contributed by atoms with E-state index in [0.29, 0.717) is 5.92 Å². The molecule has 5 rings (SSSR count). The first kappa shape index (κ1) is 16.5. The molecule has 4 heterocycles. The number of para-hydroxylation sites is 1. The predicted molar refractivity (Wildman–Crippen MR) is 110 cm³/mol. The number of likely N-dealkylation sites (tertiary alicyclic amines) is 1. The number of fused-ring (bicyclic) bond motifs is 2. The van der Waals surface area contributed by atoms with Gasteiger partial charge in [0, 0.05) is 43.3 Å². The van der Waals surface area contributed by atoms with Crippen molar-refractivity contribution in [2.24, 2.45) is 7.05 Å². The van der Waals surface area contributed by atoms with E-state index in [1.54, 1.807) is 0 Å². The maximum absolute atomic E-state index is 4.86. The van der Waals surface area contributed by atoms with Crippen LogP contribution in [0.1, 0.15) is 30.1 Å². The first-order chi connectivity index (χ1) is 13.3. The third kappa shape index (κ3) is 3.10. The number of hydrogen-bond donors (Lipinski definition) is 0. The second kappa shape index (κ2) is 6.78. The van der Waals surface area contributed by atoms with E-state index >= 15 is 0 Å². The summed E-state index contributed by atoms with van der Waals surface area (Å²) in [6, 6.07) is 19.2. The lowest BCUT2D eigenvalue weighted by Gasteiger charge is -2.32. The minimum Gasteiger partial charge on any atom is -0.346 e. The zero-order valence-electron chi connectivity index (χ0n) is 15.7. The highest BCUT2D eigenvalue weighted by atomic mass is 15.1. The number of rotatable bonds is 3. The molecule has 1 unspecified atom stereocenters. The van der Waals surface area contributed by atoms with Gasteiger partial charge in [-0.2, -0.15) is 0 Å². The van der Waals surface area contributed by atoms with E-state index in [1.165, 1.54) is 29.4 Å². The molecule has 0 bridgehead atoms. The third-order valence-electron chi connectivity index (χ3n) is 5.81. The zero-order valence-corrected chi connectivity index (χ0v) is 15.7. The smallest absolute Gasteiger partial charge is 0.0883 e. The summed E-state index contributed by atoms with van der Waals surface area (Å²) in [4.78, 5) is 11.9. The van der Waals surface area contributed by atoms with Crippen molar-refractivity contribution in [1.29, 1.82) is 0 Å². The molecule has 0 saturated carbocycles. The largest absolute Gasteiger partial charge is 0.346 e. The molecule has 1 saturated heterocycles. The van der Waals surface area contributed by atoms with Crippen LogP contribution < -0.4 is 0 Å². The summed E-state index contributed by atoms with van der Waals surface area (Å²) < 4.78 is 2.32. The summed E-state index contributed by atoms with van der Waals surface area (Å²) in [6.07, 6.45) is 4.35. The number of aryl methyl sites for hydroxylation is 1. The summed E-state index contributed by atoms with van der Waals surface area (Å²) in [6.45, 7) is 3.15. The molecule has 4 heteroatoms. The lowest BCUT2D eigenvalue weighted by molar-refractivity contribution is 0.195. The molecule has 1 aliphatic heterocycles. The number of hydrogen-bond acceptors (Lipinski definition) is 3. The second-order valence-electron chi connectivity index (χ2n) is 7.61. The first-order valence-corrected chi connectivity index (χ1v) is 9.75. The van der Waals surface area contributed by atoms with E-state index in [0.717, 1.165) is 36.4 Å². The van der Waals surface area contributed by atoms with E-state index < -0.39 is 0 Å². The van der Waals surface area contributed by atoms with Crippen molar-refractivity contribution in [3.63, 3.8) is 0 Å². The van der Waals surface area contributed by atoms with Gasteiger partial charge in [0.2, 0.25) is 0 Å². The summed E-state index contributed by atoms with van der Waals surface area (Å²) in [5.74, 6) is 0.554. The first-order valence-electron chi connectivity index (χ1n) is 9.75. The minimum absolute atomic E-state index is 0.554. The third-order valence-corrected chi connectivity index (χ3v) is 5.81. The van der Waals surface area contributed by atoms with Crippen molar-refractivity contribution in [3.05, 3.63) is 72.2 Å². The van der Waals surface area contributed by atoms with Crippen LogP contribution in [0, 0.1) is 0 Å². The molecular formula is C23H24N4. The fourth-order valence-electron chi connectivity index (χ4n) is 4.44. The minimum atomic E-state index is 0.554. The van der Waals surface area contributed by atoms with Crippen LogP contribution in [0.25, 0.3) is 21.9 Å². The maximum atomic E-state index is 4.86. The lowest BCUT2D eigenvalue weighted by Crippen LogP contribution is -2.34. The molecule has 1 aromatic carbocycles. The Morgan fingerprint density at radius 2 is 1.96 bits per heavy atom. The fraction of sp³-hybridized carbons (Fsp3) is 0.304. The molecule has 1 atom stereocenters. The van der Waals surface area contributed by atoms with Crippen molar-refractivity contribution >= 4 is 21.9 Å². The molecule has 4 nitrogen and oxygen atoms in total. The summed E-state index contributed by atoms with van der Waals surface area (Å²) in [5.41, 5.74) is 5.97. The molecule has 4 aromatic rings. The molecule has 0 radical (unpaired) electrons. The van der Waals surface area contributed by atoms with E-state index in [2.05, 4.69) is 70.0 Å². The topological polar surface area (TPSA) is 34.0 Å². The van der Waals surface area contributed by atoms with Crippen molar-refractivity contribution in [2.75, 3.05) is 13.1 Å². The number of piperidine rings is 1. The molecule has 27 heavy (non-hydrogen) atoms. The Hall–Kier alpha value is -2.72. The van der Waals surface area contributed by atoms with E-state index in [4.69, 9.17) is 4.98 Å². The summed E-state index contributed by atoms with van der Waals surface area (Å²) in [7, 11) is 2.17. The standard InChI is InChI=1S/C23H24N4/c1-26-22-9-4-12-24-21(22)14-23(26)18-7-5-13-27(15-18)16-19-11-10-17-6-2-3-8-20(17)25-19/h2-4,6,8-12,14,18H,5,7,13,15-16H2,1H3. The monoisotopic (exact) mass is 356 g/mol. The molecule has 136 valence electrons. The molecule has 0 spiro atoms. The van der Waals surface area contributed by atoms with Gasteiger partial charge in [-0.05, 0) is 49.7 Å². The second-order valence-corrected chi connectivity index (χ2v) is 7.61. The van der Waals surface area contributed by atoms with Gasteiger partial charge in [0.05, 0.1) is 22.2 Å². The van der Waals surface area contributed by atoms with Crippen LogP contribution in [0.15, 0.2) is 60.8 Å². The highest BCUT2D eigenvalue weighted by Gasteiger charge is 2.24. The fourth-order valence-corrected chi connectivity index (χ4v) is 4.44. The Bertz CT molecular complexity index is 1100. The highest BCUT2D eigenvalue weighted by Crippen LogP contribution is 2.31. The van der Waals surface area contributed by atoms with Gasteiger partial charge in [0.15, 0.2) is 0 Å². The Morgan fingerprint density at radius 3 is 2.89 bits per heavy atom. The normalized spacial score (nSPS) is 18.3. The summed E-state index contributed by atoms with van der Waals surface area (Å²) >= 11 is 0. The number of pyridine rings is 2. The lowest BCUT2D eigenvalue weighted by atomic mass is 9.94. The van der Waals surface area contributed by atoms with Crippen LogP contribution in [-0.4, -0.2) is 32.5 Å². The molecule has 1 aliphatic rings. The predicted octanol–water partition coefficient (Wildman–Crippen LogP) is 4.50. The number of aromatic nitrogens is 3. The molecule has 0 aliphatic carbocycles. The van der Waals surface area contributed by atoms with E-state index in [9.17, 15) is 0 Å². The molecule has 0 amide bonds.